The molecule has 2 rings (SSSR count). The van der Waals surface area contributed by atoms with Crippen LogP contribution in [0.15, 0.2) is 40.2 Å². The minimum atomic E-state index is -0.528. The summed E-state index contributed by atoms with van der Waals surface area (Å²) in [7, 11) is 3.44. The van der Waals surface area contributed by atoms with Gasteiger partial charge in [-0.2, -0.15) is 0 Å². The van der Waals surface area contributed by atoms with E-state index < -0.39 is 11.7 Å². The Morgan fingerprint density at radius 3 is 2.56 bits per heavy atom. The Bertz CT molecular complexity index is 756. The smallest absolute Gasteiger partial charge is 0.407 e. The van der Waals surface area contributed by atoms with Crippen molar-refractivity contribution in [2.75, 3.05) is 46.0 Å². The van der Waals surface area contributed by atoms with Crippen LogP contribution in [0.4, 0.5) is 4.79 Å². The third-order valence-electron chi connectivity index (χ3n) is 4.47. The van der Waals surface area contributed by atoms with E-state index in [0.29, 0.717) is 12.5 Å². The fraction of sp³-hybridized carbons (Fsp3) is 0.591. The van der Waals surface area contributed by atoms with Crippen molar-refractivity contribution in [2.45, 2.75) is 43.7 Å². The first kappa shape index (κ1) is 28.3. The molecule has 32 heavy (non-hydrogen) atoms. The lowest BCUT2D eigenvalue weighted by molar-refractivity contribution is -0.127. The number of thioether (sulfide) groups is 1. The molecule has 0 aliphatic carbocycles. The first-order chi connectivity index (χ1) is 14.6. The van der Waals surface area contributed by atoms with Gasteiger partial charge in [0.05, 0.1) is 6.04 Å². The van der Waals surface area contributed by atoms with Gasteiger partial charge in [-0.1, -0.05) is 18.2 Å². The lowest BCUT2D eigenvalue weighted by Gasteiger charge is -2.24. The number of amides is 2. The van der Waals surface area contributed by atoms with Crippen molar-refractivity contribution in [1.29, 1.82) is 0 Å². The van der Waals surface area contributed by atoms with E-state index in [0.717, 1.165) is 25.3 Å². The minimum Gasteiger partial charge on any atom is -0.444 e. The van der Waals surface area contributed by atoms with E-state index >= 15 is 0 Å². The standard InChI is InChI=1S/C22H35N5O3S.HI/c1-22(2,3)30-21(29)25-17-11-13-27(16-17)20(24-15-19(28)26(4)5)23-12-14-31-18-9-7-6-8-10-18;/h6-10,17H,11-16H2,1-5H3,(H,23,24)(H,25,29);1H. The van der Waals surface area contributed by atoms with Gasteiger partial charge in [-0.05, 0) is 39.3 Å². The molecule has 2 amide bonds. The Labute approximate surface area is 212 Å². The molecule has 2 N–H and O–H groups in total. The summed E-state index contributed by atoms with van der Waals surface area (Å²) in [5, 5.41) is 6.31. The number of carbonyl (C=O) groups is 2. The highest BCUT2D eigenvalue weighted by atomic mass is 127. The van der Waals surface area contributed by atoms with Crippen LogP contribution in [0.5, 0.6) is 0 Å². The van der Waals surface area contributed by atoms with E-state index in [1.807, 2.05) is 39.0 Å². The lowest BCUT2D eigenvalue weighted by Crippen LogP contribution is -2.45. The second kappa shape index (κ2) is 13.8. The van der Waals surface area contributed by atoms with Crippen LogP contribution in [0.2, 0.25) is 0 Å². The zero-order valence-electron chi connectivity index (χ0n) is 19.6. The van der Waals surface area contributed by atoms with Crippen LogP contribution in [-0.2, 0) is 9.53 Å². The van der Waals surface area contributed by atoms with Gasteiger partial charge in [0, 0.05) is 44.4 Å². The van der Waals surface area contributed by atoms with E-state index in [1.54, 1.807) is 25.9 Å². The van der Waals surface area contributed by atoms with Crippen LogP contribution in [0.3, 0.4) is 0 Å². The molecule has 0 aromatic heterocycles. The van der Waals surface area contributed by atoms with Crippen LogP contribution in [-0.4, -0.2) is 85.4 Å². The number of hydrogen-bond acceptors (Lipinski definition) is 5. The summed E-state index contributed by atoms with van der Waals surface area (Å²) in [6.07, 6.45) is 0.383. The van der Waals surface area contributed by atoms with E-state index in [4.69, 9.17) is 4.74 Å². The SMILES string of the molecule is CN(C)C(=O)CN=C(NCCSc1ccccc1)N1CCC(NC(=O)OC(C)(C)C)C1.I. The van der Waals surface area contributed by atoms with Gasteiger partial charge in [0.15, 0.2) is 5.96 Å². The number of aliphatic imine (C=N–C) groups is 1. The lowest BCUT2D eigenvalue weighted by atomic mass is 10.2. The molecule has 1 aromatic carbocycles. The number of benzene rings is 1. The maximum Gasteiger partial charge on any atom is 0.407 e. The molecule has 1 aliphatic rings. The van der Waals surface area contributed by atoms with Gasteiger partial charge in [-0.3, -0.25) is 4.79 Å². The van der Waals surface area contributed by atoms with Gasteiger partial charge in [-0.15, -0.1) is 35.7 Å². The molecule has 1 unspecified atom stereocenters. The minimum absolute atomic E-state index is 0. The van der Waals surface area contributed by atoms with Crippen LogP contribution in [0, 0.1) is 0 Å². The molecule has 0 bridgehead atoms. The number of guanidine groups is 1. The second-order valence-electron chi connectivity index (χ2n) is 8.59. The second-order valence-corrected chi connectivity index (χ2v) is 9.76. The van der Waals surface area contributed by atoms with Gasteiger partial charge < -0.3 is 25.2 Å². The molecule has 1 aromatic rings. The number of likely N-dealkylation sites (N-methyl/N-ethyl adjacent to an activating group) is 1. The molecule has 0 saturated carbocycles. The molecular formula is C22H36IN5O3S. The molecule has 180 valence electrons. The summed E-state index contributed by atoms with van der Waals surface area (Å²) in [6.45, 7) is 7.70. The maximum absolute atomic E-state index is 12.1. The Morgan fingerprint density at radius 1 is 1.25 bits per heavy atom. The van der Waals surface area contributed by atoms with Crippen LogP contribution >= 0.6 is 35.7 Å². The molecule has 1 fully saturated rings. The number of carbonyl (C=O) groups excluding carboxylic acids is 2. The number of hydrogen-bond donors (Lipinski definition) is 2. The summed E-state index contributed by atoms with van der Waals surface area (Å²) >= 11 is 1.76. The summed E-state index contributed by atoms with van der Waals surface area (Å²) in [6, 6.07) is 10.2. The Balaban J connectivity index is 0.00000512. The van der Waals surface area contributed by atoms with Gasteiger partial charge in [0.1, 0.15) is 12.1 Å². The molecule has 0 radical (unpaired) electrons. The van der Waals surface area contributed by atoms with E-state index in [2.05, 4.69) is 32.7 Å². The third-order valence-corrected chi connectivity index (χ3v) is 5.48. The zero-order chi connectivity index (χ0) is 22.9. The number of likely N-dealkylation sites (tertiary alicyclic amines) is 1. The van der Waals surface area contributed by atoms with Crippen LogP contribution in [0.25, 0.3) is 0 Å². The van der Waals surface area contributed by atoms with Crippen molar-refractivity contribution < 1.29 is 14.3 Å². The predicted molar refractivity (Wildman–Crippen MR) is 141 cm³/mol. The fourth-order valence-electron chi connectivity index (χ4n) is 2.94. The highest BCUT2D eigenvalue weighted by molar-refractivity contribution is 14.0. The number of ether oxygens (including phenoxy) is 1. The van der Waals surface area contributed by atoms with Crippen LogP contribution < -0.4 is 10.6 Å². The third kappa shape index (κ3) is 10.8. The number of halogens is 1. The molecule has 10 heteroatoms. The fourth-order valence-corrected chi connectivity index (χ4v) is 3.73. The van der Waals surface area contributed by atoms with Gasteiger partial charge in [0.25, 0.3) is 0 Å². The first-order valence-electron chi connectivity index (χ1n) is 10.5. The van der Waals surface area contributed by atoms with Crippen molar-refractivity contribution in [3.05, 3.63) is 30.3 Å². The highest BCUT2D eigenvalue weighted by Gasteiger charge is 2.28. The van der Waals surface area contributed by atoms with Crippen LogP contribution in [0.1, 0.15) is 27.2 Å². The Morgan fingerprint density at radius 2 is 1.94 bits per heavy atom. The predicted octanol–water partition coefficient (Wildman–Crippen LogP) is 3.03. The van der Waals surface area contributed by atoms with Crippen molar-refractivity contribution in [3.8, 4) is 0 Å². The highest BCUT2D eigenvalue weighted by Crippen LogP contribution is 2.16. The molecule has 8 nitrogen and oxygen atoms in total. The molecule has 1 aliphatic heterocycles. The van der Waals surface area contributed by atoms with E-state index in [1.165, 1.54) is 9.80 Å². The van der Waals surface area contributed by atoms with Crippen molar-refractivity contribution >= 4 is 53.7 Å². The molecule has 1 atom stereocenters. The topological polar surface area (TPSA) is 86.3 Å². The van der Waals surface area contributed by atoms with Gasteiger partial charge in [0.2, 0.25) is 5.91 Å². The first-order valence-corrected chi connectivity index (χ1v) is 11.5. The molecule has 1 saturated heterocycles. The molecule has 1 heterocycles. The monoisotopic (exact) mass is 577 g/mol. The normalized spacial score (nSPS) is 16.2. The van der Waals surface area contributed by atoms with E-state index in [-0.39, 0.29) is 42.5 Å². The number of alkyl carbamates (subject to hydrolysis) is 1. The Kier molecular flexibility index (Phi) is 12.2. The summed E-state index contributed by atoms with van der Waals surface area (Å²) in [5.41, 5.74) is -0.528. The van der Waals surface area contributed by atoms with Gasteiger partial charge in [-0.25, -0.2) is 9.79 Å². The molecule has 0 spiro atoms. The van der Waals surface area contributed by atoms with Crippen molar-refractivity contribution in [1.82, 2.24) is 20.4 Å². The number of nitrogens with one attached hydrogen (secondary N) is 2. The summed E-state index contributed by atoms with van der Waals surface area (Å²) < 4.78 is 5.35. The van der Waals surface area contributed by atoms with E-state index in [9.17, 15) is 9.59 Å². The number of rotatable bonds is 7. The molecular weight excluding hydrogens is 541 g/mol. The summed E-state index contributed by atoms with van der Waals surface area (Å²) in [5.74, 6) is 1.51. The van der Waals surface area contributed by atoms with Crippen molar-refractivity contribution in [3.63, 3.8) is 0 Å². The van der Waals surface area contributed by atoms with Gasteiger partial charge >= 0.3 is 6.09 Å². The quantitative estimate of drug-likeness (QED) is 0.171. The number of nitrogens with zero attached hydrogens (tertiary/aromatic N) is 3. The van der Waals surface area contributed by atoms with Crippen molar-refractivity contribution in [2.24, 2.45) is 4.99 Å². The largest absolute Gasteiger partial charge is 0.444 e. The zero-order valence-corrected chi connectivity index (χ0v) is 22.7. The summed E-state index contributed by atoms with van der Waals surface area (Å²) in [4.78, 5) is 33.5. The maximum atomic E-state index is 12.1. The Hall–Kier alpha value is -1.69. The average molecular weight is 578 g/mol. The average Bonchev–Trinajstić information content (AvgIpc) is 3.14.